The summed E-state index contributed by atoms with van der Waals surface area (Å²) in [5.74, 6) is -0.260. The number of alkyl carbamates (subject to hydrolysis) is 1. The first-order valence-corrected chi connectivity index (χ1v) is 11.8. The van der Waals surface area contributed by atoms with Crippen molar-refractivity contribution in [2.24, 2.45) is 4.99 Å². The topological polar surface area (TPSA) is 132 Å². The van der Waals surface area contributed by atoms with E-state index in [-0.39, 0.29) is 29.3 Å². The summed E-state index contributed by atoms with van der Waals surface area (Å²) in [4.78, 5) is 20.7. The molecule has 1 aromatic heterocycles. The van der Waals surface area contributed by atoms with Crippen LogP contribution in [0.2, 0.25) is 5.02 Å². The number of amidine groups is 1. The Hall–Kier alpha value is -3.42. The Morgan fingerprint density at radius 1 is 1.47 bits per heavy atom. The molecule has 0 radical (unpaired) electrons. The molecule has 0 aliphatic carbocycles. The molecule has 0 saturated carbocycles. The molecule has 190 valence electrons. The van der Waals surface area contributed by atoms with Crippen molar-refractivity contribution in [2.75, 3.05) is 13.2 Å². The summed E-state index contributed by atoms with van der Waals surface area (Å²) in [6, 6.07) is 2.75. The first-order chi connectivity index (χ1) is 17.2. The Bertz CT molecular complexity index is 1250. The molecule has 5 N–H and O–H groups in total. The van der Waals surface area contributed by atoms with Crippen LogP contribution in [0.3, 0.4) is 0 Å². The van der Waals surface area contributed by atoms with Gasteiger partial charge in [0, 0.05) is 46.1 Å². The number of carbonyl (C=O) groups excluding carboxylic acids is 1. The molecule has 9 nitrogen and oxygen atoms in total. The first kappa shape index (κ1) is 25.7. The van der Waals surface area contributed by atoms with Gasteiger partial charge in [0.15, 0.2) is 10.8 Å². The third-order valence-electron chi connectivity index (χ3n) is 5.45. The zero-order chi connectivity index (χ0) is 25.9. The molecular formula is C22H20ClF3N6O3S. The molecule has 2 aromatic rings. The molecule has 14 heteroatoms. The lowest BCUT2D eigenvalue weighted by Gasteiger charge is -2.32. The number of nitrogens with one attached hydrogen (secondary N) is 4. The quantitative estimate of drug-likeness (QED) is 0.244. The van der Waals surface area contributed by atoms with Crippen LogP contribution in [0.15, 0.2) is 58.3 Å². The van der Waals surface area contributed by atoms with Crippen LogP contribution in [0.5, 0.6) is 0 Å². The zero-order valence-electron chi connectivity index (χ0n) is 18.4. The van der Waals surface area contributed by atoms with Gasteiger partial charge in [-0.15, -0.1) is 11.3 Å². The van der Waals surface area contributed by atoms with E-state index < -0.39 is 36.6 Å². The smallest absolute Gasteiger partial charge is 0.407 e. The zero-order valence-corrected chi connectivity index (χ0v) is 20.0. The maximum absolute atomic E-state index is 13.8. The maximum Gasteiger partial charge on any atom is 0.407 e. The highest BCUT2D eigenvalue weighted by Crippen LogP contribution is 2.38. The van der Waals surface area contributed by atoms with Gasteiger partial charge in [-0.2, -0.15) is 8.78 Å². The molecule has 1 fully saturated rings. The summed E-state index contributed by atoms with van der Waals surface area (Å²) in [7, 11) is 0. The molecule has 1 aromatic carbocycles. The highest BCUT2D eigenvalue weighted by atomic mass is 35.5. The van der Waals surface area contributed by atoms with Gasteiger partial charge >= 0.3 is 12.6 Å². The molecule has 0 bridgehead atoms. The molecule has 36 heavy (non-hydrogen) atoms. The number of rotatable bonds is 9. The van der Waals surface area contributed by atoms with E-state index >= 15 is 0 Å². The second-order valence-electron chi connectivity index (χ2n) is 7.93. The number of alkyl halides is 2. The van der Waals surface area contributed by atoms with Crippen molar-refractivity contribution in [3.8, 4) is 0 Å². The summed E-state index contributed by atoms with van der Waals surface area (Å²) >= 11 is 7.65. The lowest BCUT2D eigenvalue weighted by Crippen LogP contribution is -2.49. The summed E-state index contributed by atoms with van der Waals surface area (Å²) in [5.41, 5.74) is -0.530. The van der Waals surface area contributed by atoms with Crippen LogP contribution in [-0.4, -0.2) is 53.0 Å². The van der Waals surface area contributed by atoms with Crippen molar-refractivity contribution in [1.82, 2.24) is 20.9 Å². The van der Waals surface area contributed by atoms with Crippen molar-refractivity contribution in [3.63, 3.8) is 0 Å². The number of allylic oxidation sites excluding steroid dienone is 1. The van der Waals surface area contributed by atoms with E-state index in [1.54, 1.807) is 16.9 Å². The van der Waals surface area contributed by atoms with Crippen LogP contribution in [0.25, 0.3) is 0 Å². The van der Waals surface area contributed by atoms with Gasteiger partial charge in [-0.1, -0.05) is 17.7 Å². The average Bonchev–Trinajstić information content (AvgIpc) is 3.49. The fraction of sp³-hybridized carbons (Fsp3) is 0.273. The lowest BCUT2D eigenvalue weighted by atomic mass is 9.86. The Morgan fingerprint density at radius 2 is 2.28 bits per heavy atom. The van der Waals surface area contributed by atoms with Crippen molar-refractivity contribution >= 4 is 40.6 Å². The molecule has 2 aliphatic rings. The molecule has 4 rings (SSSR count). The normalized spacial score (nSPS) is 21.9. The van der Waals surface area contributed by atoms with E-state index in [1.165, 1.54) is 23.5 Å². The predicted octanol–water partition coefficient (Wildman–Crippen LogP) is 3.49. The van der Waals surface area contributed by atoms with E-state index in [9.17, 15) is 23.1 Å². The van der Waals surface area contributed by atoms with Crippen molar-refractivity contribution in [2.45, 2.75) is 24.6 Å². The van der Waals surface area contributed by atoms with E-state index in [4.69, 9.17) is 21.7 Å². The van der Waals surface area contributed by atoms with Crippen molar-refractivity contribution in [1.29, 1.82) is 5.41 Å². The van der Waals surface area contributed by atoms with Gasteiger partial charge in [0.2, 0.25) is 0 Å². The highest BCUT2D eigenvalue weighted by Gasteiger charge is 2.42. The summed E-state index contributed by atoms with van der Waals surface area (Å²) < 4.78 is 44.1. The Morgan fingerprint density at radius 3 is 2.89 bits per heavy atom. The number of amides is 1. The second kappa shape index (κ2) is 10.7. The highest BCUT2D eigenvalue weighted by molar-refractivity contribution is 7.11. The molecule has 2 atom stereocenters. The standard InChI is InChI=1S/C22H20ClF3N6O3S/c23-13-7-11(24)1-2-12(13)17-16(14(27)3-4-29-20(25)26)15(8-22(9-33)10-35-21(34)32-22)30-18(31-17)19-28-5-6-36-19/h1-7,17,20,27,29,33H,8-10H2,(H,30,31)(H,32,34)/b4-3-,27-14?/t17-,22-/m0/s1. The first-order valence-electron chi connectivity index (χ1n) is 10.5. The number of nitrogens with zero attached hydrogens (tertiary/aromatic N) is 2. The number of aliphatic hydroxyl groups excluding tert-OH is 1. The summed E-state index contributed by atoms with van der Waals surface area (Å²) in [6.45, 7) is -3.48. The van der Waals surface area contributed by atoms with Gasteiger partial charge in [-0.05, 0) is 18.2 Å². The van der Waals surface area contributed by atoms with Gasteiger partial charge in [-0.25, -0.2) is 14.2 Å². The van der Waals surface area contributed by atoms with Crippen molar-refractivity contribution < 1.29 is 27.8 Å². The number of benzene rings is 1. The minimum Gasteiger partial charge on any atom is -0.447 e. The maximum atomic E-state index is 13.8. The van der Waals surface area contributed by atoms with Crippen LogP contribution < -0.4 is 16.0 Å². The molecule has 2 aliphatic heterocycles. The number of carbonyl (C=O) groups is 1. The third kappa shape index (κ3) is 5.53. The van der Waals surface area contributed by atoms with Gasteiger partial charge in [-0.3, -0.25) is 4.99 Å². The fourth-order valence-corrected chi connectivity index (χ4v) is 4.67. The number of aliphatic hydroxyl groups is 1. The number of cyclic esters (lactones) is 1. The van der Waals surface area contributed by atoms with Gasteiger partial charge in [0.05, 0.1) is 12.3 Å². The van der Waals surface area contributed by atoms with E-state index in [0.717, 1.165) is 18.3 Å². The largest absolute Gasteiger partial charge is 0.447 e. The third-order valence-corrected chi connectivity index (χ3v) is 6.55. The molecule has 0 unspecified atom stereocenters. The number of hydrogen-bond donors (Lipinski definition) is 5. The van der Waals surface area contributed by atoms with Crippen LogP contribution in [0, 0.1) is 11.2 Å². The molecule has 1 amide bonds. The fourth-order valence-electron chi connectivity index (χ4n) is 3.81. The molecule has 3 heterocycles. The summed E-state index contributed by atoms with van der Waals surface area (Å²) in [5, 5.41) is 28.5. The Labute approximate surface area is 212 Å². The van der Waals surface area contributed by atoms with E-state index in [0.29, 0.717) is 22.1 Å². The minimum absolute atomic E-state index is 0.0389. The molecule has 0 spiro atoms. The average molecular weight is 541 g/mol. The van der Waals surface area contributed by atoms with Crippen LogP contribution in [0.4, 0.5) is 18.0 Å². The molecular weight excluding hydrogens is 521 g/mol. The number of ether oxygens (including phenoxy) is 1. The SMILES string of the molecule is N=C(/C=C\NC(F)F)C1=C(C[C@]2(CO)COC(=O)N2)NC(c2nccs2)=N[C@H]1c1ccc(F)cc1Cl. The Kier molecular flexibility index (Phi) is 7.62. The molecule has 1 saturated heterocycles. The van der Waals surface area contributed by atoms with Crippen molar-refractivity contribution in [3.05, 3.63) is 74.7 Å². The number of thiazole rings is 1. The number of aliphatic imine (C=N–C) groups is 1. The number of halogens is 4. The van der Waals surface area contributed by atoms with Crippen LogP contribution in [-0.2, 0) is 4.74 Å². The van der Waals surface area contributed by atoms with E-state index in [1.807, 2.05) is 0 Å². The lowest BCUT2D eigenvalue weighted by molar-refractivity contribution is 0.125. The van der Waals surface area contributed by atoms with Crippen LogP contribution >= 0.6 is 22.9 Å². The monoisotopic (exact) mass is 540 g/mol. The van der Waals surface area contributed by atoms with Crippen LogP contribution in [0.1, 0.15) is 23.0 Å². The number of hydrogen-bond acceptors (Lipinski definition) is 9. The van der Waals surface area contributed by atoms with E-state index in [2.05, 4.69) is 20.6 Å². The minimum atomic E-state index is -2.84. The predicted molar refractivity (Wildman–Crippen MR) is 128 cm³/mol. The number of aromatic nitrogens is 1. The Balaban J connectivity index is 1.86. The second-order valence-corrected chi connectivity index (χ2v) is 9.23. The van der Waals surface area contributed by atoms with Gasteiger partial charge in [0.25, 0.3) is 0 Å². The summed E-state index contributed by atoms with van der Waals surface area (Å²) in [6.07, 6.45) is 2.85. The van der Waals surface area contributed by atoms with Gasteiger partial charge in [0.1, 0.15) is 24.0 Å². The van der Waals surface area contributed by atoms with Gasteiger partial charge < -0.3 is 31.2 Å².